The van der Waals surface area contributed by atoms with Crippen LogP contribution in [-0.2, 0) is 0 Å². The van der Waals surface area contributed by atoms with E-state index >= 15 is 0 Å². The molecule has 0 aromatic carbocycles. The molecule has 0 spiro atoms. The van der Waals surface area contributed by atoms with Gasteiger partial charge in [0.1, 0.15) is 0 Å². The lowest BCUT2D eigenvalue weighted by atomic mass is 9.82. The van der Waals surface area contributed by atoms with Gasteiger partial charge in [-0.2, -0.15) is 5.21 Å². The van der Waals surface area contributed by atoms with Gasteiger partial charge in [-0.05, 0) is 24.0 Å². The van der Waals surface area contributed by atoms with Crippen molar-refractivity contribution in [1.82, 2.24) is 20.6 Å². The van der Waals surface area contributed by atoms with E-state index < -0.39 is 0 Å². The van der Waals surface area contributed by atoms with E-state index in [1.54, 1.807) is 0 Å². The number of tetrazole rings is 1. The molecule has 11 heavy (non-hydrogen) atoms. The third kappa shape index (κ3) is 1.31. The highest BCUT2D eigenvalue weighted by Crippen LogP contribution is 2.28. The zero-order valence-corrected chi connectivity index (χ0v) is 6.41. The SMILES string of the molecule is CC1CC(Nc2nn[nH]n2)C1. The van der Waals surface area contributed by atoms with Crippen LogP contribution in [-0.4, -0.2) is 26.7 Å². The molecule has 1 heterocycles. The molecule has 5 heteroatoms. The summed E-state index contributed by atoms with van der Waals surface area (Å²) < 4.78 is 0. The number of hydrogen-bond acceptors (Lipinski definition) is 4. The molecule has 0 saturated heterocycles. The van der Waals surface area contributed by atoms with Crippen molar-refractivity contribution in [3.05, 3.63) is 0 Å². The second-order valence-electron chi connectivity index (χ2n) is 3.15. The van der Waals surface area contributed by atoms with Crippen molar-refractivity contribution >= 4 is 5.95 Å². The molecule has 1 aromatic rings. The van der Waals surface area contributed by atoms with Crippen molar-refractivity contribution < 1.29 is 0 Å². The Kier molecular flexibility index (Phi) is 1.48. The molecular weight excluding hydrogens is 142 g/mol. The lowest BCUT2D eigenvalue weighted by Crippen LogP contribution is -2.34. The molecule has 1 aromatic heterocycles. The fourth-order valence-corrected chi connectivity index (χ4v) is 1.43. The lowest BCUT2D eigenvalue weighted by Gasteiger charge is -2.32. The molecular formula is C6H11N5. The Bertz CT molecular complexity index is 213. The van der Waals surface area contributed by atoms with Crippen molar-refractivity contribution in [1.29, 1.82) is 0 Å². The fourth-order valence-electron chi connectivity index (χ4n) is 1.43. The van der Waals surface area contributed by atoms with Crippen LogP contribution >= 0.6 is 0 Å². The third-order valence-corrected chi connectivity index (χ3v) is 2.05. The molecule has 1 fully saturated rings. The molecule has 0 unspecified atom stereocenters. The van der Waals surface area contributed by atoms with E-state index in [2.05, 4.69) is 32.9 Å². The number of nitrogens with zero attached hydrogens (tertiary/aromatic N) is 3. The summed E-state index contributed by atoms with van der Waals surface area (Å²) in [4.78, 5) is 0. The van der Waals surface area contributed by atoms with Gasteiger partial charge in [-0.1, -0.05) is 12.0 Å². The van der Waals surface area contributed by atoms with Crippen LogP contribution in [0.25, 0.3) is 0 Å². The van der Waals surface area contributed by atoms with Crippen LogP contribution in [0.3, 0.4) is 0 Å². The number of aromatic amines is 1. The monoisotopic (exact) mass is 153 g/mol. The van der Waals surface area contributed by atoms with Crippen molar-refractivity contribution in [2.45, 2.75) is 25.8 Å². The summed E-state index contributed by atoms with van der Waals surface area (Å²) in [5.74, 6) is 1.46. The van der Waals surface area contributed by atoms with Crippen LogP contribution in [0, 0.1) is 5.92 Å². The van der Waals surface area contributed by atoms with Gasteiger partial charge in [-0.25, -0.2) is 0 Å². The van der Waals surface area contributed by atoms with E-state index in [9.17, 15) is 0 Å². The summed E-state index contributed by atoms with van der Waals surface area (Å²) in [6.45, 7) is 2.24. The van der Waals surface area contributed by atoms with Crippen molar-refractivity contribution in [3.8, 4) is 0 Å². The van der Waals surface area contributed by atoms with Crippen LogP contribution in [0.1, 0.15) is 19.8 Å². The molecule has 2 N–H and O–H groups in total. The second-order valence-corrected chi connectivity index (χ2v) is 3.15. The topological polar surface area (TPSA) is 66.5 Å². The van der Waals surface area contributed by atoms with Gasteiger partial charge in [0.15, 0.2) is 0 Å². The average Bonchev–Trinajstić information content (AvgIpc) is 2.36. The molecule has 0 aliphatic heterocycles. The summed E-state index contributed by atoms with van der Waals surface area (Å²) in [5, 5.41) is 16.6. The third-order valence-electron chi connectivity index (χ3n) is 2.05. The fraction of sp³-hybridized carbons (Fsp3) is 0.833. The molecule has 60 valence electrons. The maximum atomic E-state index is 3.80. The smallest absolute Gasteiger partial charge is 0.263 e. The summed E-state index contributed by atoms with van der Waals surface area (Å²) >= 11 is 0. The van der Waals surface area contributed by atoms with Gasteiger partial charge in [-0.3, -0.25) is 0 Å². The van der Waals surface area contributed by atoms with Crippen LogP contribution < -0.4 is 5.32 Å². The quantitative estimate of drug-likeness (QED) is 0.645. The first kappa shape index (κ1) is 6.57. The Morgan fingerprint density at radius 1 is 1.55 bits per heavy atom. The predicted octanol–water partition coefficient (Wildman–Crippen LogP) is 0.410. The van der Waals surface area contributed by atoms with Gasteiger partial charge in [0.05, 0.1) is 0 Å². The first-order valence-electron chi connectivity index (χ1n) is 3.84. The van der Waals surface area contributed by atoms with Gasteiger partial charge in [0.2, 0.25) is 0 Å². The molecule has 1 saturated carbocycles. The summed E-state index contributed by atoms with van der Waals surface area (Å²) in [7, 11) is 0. The molecule has 0 amide bonds. The molecule has 1 aliphatic rings. The number of H-pyrrole nitrogens is 1. The minimum absolute atomic E-state index is 0.558. The summed E-state index contributed by atoms with van der Waals surface area (Å²) in [6, 6.07) is 0.558. The van der Waals surface area contributed by atoms with Crippen molar-refractivity contribution in [3.63, 3.8) is 0 Å². The number of aromatic nitrogens is 4. The highest BCUT2D eigenvalue weighted by Gasteiger charge is 2.25. The van der Waals surface area contributed by atoms with Crippen LogP contribution in [0.5, 0.6) is 0 Å². The molecule has 5 nitrogen and oxygen atoms in total. The maximum absolute atomic E-state index is 3.80. The highest BCUT2D eigenvalue weighted by atomic mass is 15.5. The Labute approximate surface area is 64.6 Å². The van der Waals surface area contributed by atoms with E-state index in [-0.39, 0.29) is 0 Å². The number of rotatable bonds is 2. The van der Waals surface area contributed by atoms with E-state index in [0.29, 0.717) is 12.0 Å². The van der Waals surface area contributed by atoms with Crippen molar-refractivity contribution in [2.24, 2.45) is 5.92 Å². The van der Waals surface area contributed by atoms with Crippen LogP contribution in [0.4, 0.5) is 5.95 Å². The molecule has 0 atom stereocenters. The number of hydrogen-bond donors (Lipinski definition) is 2. The minimum Gasteiger partial charge on any atom is -0.349 e. The van der Waals surface area contributed by atoms with E-state index in [1.807, 2.05) is 0 Å². The highest BCUT2D eigenvalue weighted by molar-refractivity contribution is 5.22. The van der Waals surface area contributed by atoms with Gasteiger partial charge < -0.3 is 5.32 Å². The number of nitrogens with one attached hydrogen (secondary N) is 2. The Morgan fingerprint density at radius 2 is 2.36 bits per heavy atom. The van der Waals surface area contributed by atoms with Crippen LogP contribution in [0.2, 0.25) is 0 Å². The molecule has 2 rings (SSSR count). The largest absolute Gasteiger partial charge is 0.349 e. The Morgan fingerprint density at radius 3 is 2.91 bits per heavy atom. The average molecular weight is 153 g/mol. The summed E-state index contributed by atoms with van der Waals surface area (Å²) in [6.07, 6.45) is 2.43. The van der Waals surface area contributed by atoms with Gasteiger partial charge in [0.25, 0.3) is 5.95 Å². The normalized spacial score (nSPS) is 29.5. The second kappa shape index (κ2) is 2.48. The standard InChI is InChI=1S/C6H11N5/c1-4-2-5(3-4)7-6-8-10-11-9-6/h4-5H,2-3H2,1H3,(H2,7,8,9,10,11). The van der Waals surface area contributed by atoms with Gasteiger partial charge >= 0.3 is 0 Å². The Balaban J connectivity index is 1.84. The zero-order chi connectivity index (χ0) is 7.68. The minimum atomic E-state index is 0.558. The first-order valence-corrected chi connectivity index (χ1v) is 3.84. The predicted molar refractivity (Wildman–Crippen MR) is 40.0 cm³/mol. The lowest BCUT2D eigenvalue weighted by molar-refractivity contribution is 0.308. The van der Waals surface area contributed by atoms with E-state index in [1.165, 1.54) is 12.8 Å². The van der Waals surface area contributed by atoms with Crippen molar-refractivity contribution in [2.75, 3.05) is 5.32 Å². The molecule has 0 bridgehead atoms. The molecule has 1 aliphatic carbocycles. The number of anilines is 1. The van der Waals surface area contributed by atoms with Crippen LogP contribution in [0.15, 0.2) is 0 Å². The molecule has 0 radical (unpaired) electrons. The maximum Gasteiger partial charge on any atom is 0.263 e. The van der Waals surface area contributed by atoms with Gasteiger partial charge in [-0.15, -0.1) is 5.10 Å². The summed E-state index contributed by atoms with van der Waals surface area (Å²) in [5.41, 5.74) is 0. The Hall–Kier alpha value is -1.13. The van der Waals surface area contributed by atoms with Gasteiger partial charge in [0, 0.05) is 6.04 Å². The zero-order valence-electron chi connectivity index (χ0n) is 6.41. The van der Waals surface area contributed by atoms with E-state index in [4.69, 9.17) is 0 Å². The first-order chi connectivity index (χ1) is 5.34. The van der Waals surface area contributed by atoms with E-state index in [0.717, 1.165) is 5.92 Å².